The molecule has 0 heterocycles. The van der Waals surface area contributed by atoms with Gasteiger partial charge in [0.2, 0.25) is 0 Å². The molecule has 2 heteroatoms. The fourth-order valence-corrected chi connectivity index (χ4v) is 5.91. The number of rotatable bonds is 7. The van der Waals surface area contributed by atoms with E-state index < -0.39 is 0 Å². The lowest BCUT2D eigenvalue weighted by atomic mass is 9.90. The Hall–Kier alpha value is 0.700. The van der Waals surface area contributed by atoms with E-state index in [0.29, 0.717) is 10.8 Å². The second-order valence-corrected chi connectivity index (χ2v) is 10.7. The SMILES string of the molecule is CCC(CC(C)(C)C)SSC(CC)CC(C)(C)C. The summed E-state index contributed by atoms with van der Waals surface area (Å²) in [5.74, 6) is 0. The molecule has 18 heavy (non-hydrogen) atoms. The largest absolute Gasteiger partial charge is 0.0904 e. The highest BCUT2D eigenvalue weighted by Crippen LogP contribution is 2.42. The zero-order valence-electron chi connectivity index (χ0n) is 13.8. The zero-order valence-corrected chi connectivity index (χ0v) is 15.4. The summed E-state index contributed by atoms with van der Waals surface area (Å²) in [6, 6.07) is 0. The monoisotopic (exact) mass is 290 g/mol. The third-order valence-corrected chi connectivity index (χ3v) is 6.54. The minimum Gasteiger partial charge on any atom is -0.0904 e. The van der Waals surface area contributed by atoms with E-state index in [1.54, 1.807) is 0 Å². The maximum Gasteiger partial charge on any atom is 0.0153 e. The Morgan fingerprint density at radius 2 is 0.944 bits per heavy atom. The lowest BCUT2D eigenvalue weighted by molar-refractivity contribution is 0.368. The van der Waals surface area contributed by atoms with Gasteiger partial charge < -0.3 is 0 Å². The van der Waals surface area contributed by atoms with Crippen LogP contribution in [-0.4, -0.2) is 10.5 Å². The van der Waals surface area contributed by atoms with Crippen LogP contribution in [0.5, 0.6) is 0 Å². The second kappa shape index (κ2) is 8.09. The maximum atomic E-state index is 2.35. The highest BCUT2D eigenvalue weighted by atomic mass is 33.1. The zero-order chi connectivity index (χ0) is 14.4. The van der Waals surface area contributed by atoms with Crippen molar-refractivity contribution in [2.24, 2.45) is 10.8 Å². The summed E-state index contributed by atoms with van der Waals surface area (Å²) in [4.78, 5) is 0. The molecule has 0 radical (unpaired) electrons. The van der Waals surface area contributed by atoms with Crippen LogP contribution < -0.4 is 0 Å². The summed E-state index contributed by atoms with van der Waals surface area (Å²) in [5, 5.41) is 1.62. The molecular formula is C16H34S2. The summed E-state index contributed by atoms with van der Waals surface area (Å²) in [6.45, 7) is 18.8. The molecule has 0 aliphatic rings. The lowest BCUT2D eigenvalue weighted by Crippen LogP contribution is -2.16. The first kappa shape index (κ1) is 18.7. The molecule has 0 aliphatic heterocycles. The minimum absolute atomic E-state index is 0.458. The van der Waals surface area contributed by atoms with Gasteiger partial charge in [0.05, 0.1) is 0 Å². The molecule has 2 unspecified atom stereocenters. The van der Waals surface area contributed by atoms with E-state index in [1.165, 1.54) is 25.7 Å². The van der Waals surface area contributed by atoms with Gasteiger partial charge in [0.15, 0.2) is 0 Å². The lowest BCUT2D eigenvalue weighted by Gasteiger charge is -2.28. The molecule has 0 saturated carbocycles. The Balaban J connectivity index is 4.16. The van der Waals surface area contributed by atoms with Gasteiger partial charge in [0.1, 0.15) is 0 Å². The molecule has 0 rings (SSSR count). The van der Waals surface area contributed by atoms with Crippen LogP contribution in [0.1, 0.15) is 81.1 Å². The predicted octanol–water partition coefficient (Wildman–Crippen LogP) is 6.80. The van der Waals surface area contributed by atoms with Crippen molar-refractivity contribution in [3.8, 4) is 0 Å². The van der Waals surface area contributed by atoms with Gasteiger partial charge in [-0.05, 0) is 36.5 Å². The van der Waals surface area contributed by atoms with Gasteiger partial charge in [0, 0.05) is 10.5 Å². The van der Waals surface area contributed by atoms with Crippen LogP contribution in [0.3, 0.4) is 0 Å². The van der Waals surface area contributed by atoms with Crippen molar-refractivity contribution >= 4 is 21.6 Å². The fraction of sp³-hybridized carbons (Fsp3) is 1.00. The molecular weight excluding hydrogens is 256 g/mol. The molecule has 0 amide bonds. The first-order chi connectivity index (χ1) is 8.07. The molecule has 110 valence electrons. The van der Waals surface area contributed by atoms with Gasteiger partial charge in [-0.25, -0.2) is 0 Å². The van der Waals surface area contributed by atoms with Crippen molar-refractivity contribution in [1.29, 1.82) is 0 Å². The highest BCUT2D eigenvalue weighted by molar-refractivity contribution is 8.77. The van der Waals surface area contributed by atoms with Crippen LogP contribution in [0.15, 0.2) is 0 Å². The van der Waals surface area contributed by atoms with E-state index in [9.17, 15) is 0 Å². The standard InChI is InChI=1S/C16H34S2/c1-9-13(11-15(3,4)5)17-18-14(10-2)12-16(6,7)8/h13-14H,9-12H2,1-8H3. The van der Waals surface area contributed by atoms with Crippen molar-refractivity contribution < 1.29 is 0 Å². The van der Waals surface area contributed by atoms with E-state index in [-0.39, 0.29) is 0 Å². The van der Waals surface area contributed by atoms with E-state index in [2.05, 4.69) is 77.0 Å². The molecule has 0 spiro atoms. The summed E-state index contributed by atoms with van der Waals surface area (Å²) >= 11 is 0. The van der Waals surface area contributed by atoms with E-state index in [0.717, 1.165) is 10.5 Å². The van der Waals surface area contributed by atoms with Gasteiger partial charge in [0.25, 0.3) is 0 Å². The first-order valence-electron chi connectivity index (χ1n) is 7.39. The summed E-state index contributed by atoms with van der Waals surface area (Å²) in [6.07, 6.45) is 5.24. The molecule has 0 saturated heterocycles. The molecule has 0 nitrogen and oxygen atoms in total. The Bertz CT molecular complexity index is 186. The topological polar surface area (TPSA) is 0 Å². The molecule has 0 aromatic carbocycles. The number of hydrogen-bond acceptors (Lipinski definition) is 2. The van der Waals surface area contributed by atoms with Crippen LogP contribution in [-0.2, 0) is 0 Å². The van der Waals surface area contributed by atoms with Crippen LogP contribution >= 0.6 is 21.6 Å². The summed E-state index contributed by atoms with van der Waals surface area (Å²) in [5.41, 5.74) is 0.917. The Labute approximate surface area is 124 Å². The van der Waals surface area contributed by atoms with Crippen molar-refractivity contribution in [3.05, 3.63) is 0 Å². The van der Waals surface area contributed by atoms with Crippen LogP contribution in [0.2, 0.25) is 0 Å². The van der Waals surface area contributed by atoms with Crippen molar-refractivity contribution in [1.82, 2.24) is 0 Å². The second-order valence-electron chi connectivity index (χ2n) is 7.78. The average molecular weight is 291 g/mol. The van der Waals surface area contributed by atoms with Crippen LogP contribution in [0.4, 0.5) is 0 Å². The summed E-state index contributed by atoms with van der Waals surface area (Å²) < 4.78 is 0. The molecule has 0 aromatic rings. The molecule has 2 atom stereocenters. The predicted molar refractivity (Wildman–Crippen MR) is 91.5 cm³/mol. The van der Waals surface area contributed by atoms with Crippen LogP contribution in [0.25, 0.3) is 0 Å². The molecule has 0 N–H and O–H groups in total. The van der Waals surface area contributed by atoms with E-state index >= 15 is 0 Å². The van der Waals surface area contributed by atoms with Crippen molar-refractivity contribution in [2.45, 2.75) is 91.6 Å². The molecule has 0 bridgehead atoms. The normalized spacial score (nSPS) is 16.7. The van der Waals surface area contributed by atoms with Crippen molar-refractivity contribution in [2.75, 3.05) is 0 Å². The Morgan fingerprint density at radius 3 is 1.11 bits per heavy atom. The highest BCUT2D eigenvalue weighted by Gasteiger charge is 2.22. The van der Waals surface area contributed by atoms with E-state index in [1.807, 2.05) is 0 Å². The Kier molecular flexibility index (Phi) is 8.41. The molecule has 0 aliphatic carbocycles. The minimum atomic E-state index is 0.458. The van der Waals surface area contributed by atoms with Gasteiger partial charge in [-0.3, -0.25) is 0 Å². The number of hydrogen-bond donors (Lipinski definition) is 0. The van der Waals surface area contributed by atoms with Crippen LogP contribution in [0, 0.1) is 10.8 Å². The van der Waals surface area contributed by atoms with Gasteiger partial charge in [-0.1, -0.05) is 77.0 Å². The third-order valence-electron chi connectivity index (χ3n) is 2.92. The summed E-state index contributed by atoms with van der Waals surface area (Å²) in [7, 11) is 4.28. The Morgan fingerprint density at radius 1 is 0.667 bits per heavy atom. The quantitative estimate of drug-likeness (QED) is 0.473. The van der Waals surface area contributed by atoms with Gasteiger partial charge >= 0.3 is 0 Å². The fourth-order valence-electron chi connectivity index (χ4n) is 2.02. The van der Waals surface area contributed by atoms with Gasteiger partial charge in [-0.2, -0.15) is 0 Å². The third kappa shape index (κ3) is 10.6. The van der Waals surface area contributed by atoms with E-state index in [4.69, 9.17) is 0 Å². The average Bonchev–Trinajstić information content (AvgIpc) is 2.18. The van der Waals surface area contributed by atoms with Crippen molar-refractivity contribution in [3.63, 3.8) is 0 Å². The first-order valence-corrected chi connectivity index (χ1v) is 9.67. The van der Waals surface area contributed by atoms with Gasteiger partial charge in [-0.15, -0.1) is 0 Å². The molecule has 0 aromatic heterocycles. The smallest absolute Gasteiger partial charge is 0.0153 e. The molecule has 0 fully saturated rings. The maximum absolute atomic E-state index is 2.35.